The van der Waals surface area contributed by atoms with Crippen LogP contribution in [0.3, 0.4) is 0 Å². The van der Waals surface area contributed by atoms with Crippen LogP contribution >= 0.6 is 0 Å². The summed E-state index contributed by atoms with van der Waals surface area (Å²) in [4.78, 5) is 0. The first-order chi connectivity index (χ1) is 8.90. The van der Waals surface area contributed by atoms with Crippen molar-refractivity contribution in [3.05, 3.63) is 17.0 Å². The van der Waals surface area contributed by atoms with Crippen molar-refractivity contribution in [3.63, 3.8) is 0 Å². The van der Waals surface area contributed by atoms with Crippen molar-refractivity contribution in [2.45, 2.75) is 51.4 Å². The normalized spacial score (nSPS) is 17.6. The second-order valence-corrected chi connectivity index (χ2v) is 7.35. The molecule has 1 aromatic rings. The van der Waals surface area contributed by atoms with E-state index in [9.17, 15) is 8.42 Å². The molecule has 0 bridgehead atoms. The Morgan fingerprint density at radius 3 is 2.63 bits per heavy atom. The van der Waals surface area contributed by atoms with Gasteiger partial charge in [-0.3, -0.25) is 0 Å². The Hall–Kier alpha value is -0.920. The molecule has 2 rings (SSSR count). The molecule has 7 heteroatoms. The van der Waals surface area contributed by atoms with Crippen LogP contribution in [0.25, 0.3) is 0 Å². The highest BCUT2D eigenvalue weighted by Crippen LogP contribution is 2.19. The van der Waals surface area contributed by atoms with Gasteiger partial charge in [0.05, 0.1) is 10.9 Å². The number of aryl methyl sites for hydroxylation is 2. The summed E-state index contributed by atoms with van der Waals surface area (Å²) in [7, 11) is -3.32. The molecule has 1 aliphatic rings. The Kier molecular flexibility index (Phi) is 4.27. The molecule has 0 aliphatic heterocycles. The molecule has 1 aliphatic carbocycles. The van der Waals surface area contributed by atoms with Gasteiger partial charge in [-0.2, -0.15) is 0 Å². The fourth-order valence-electron chi connectivity index (χ4n) is 1.80. The second kappa shape index (κ2) is 5.60. The third kappa shape index (κ3) is 3.77. The summed E-state index contributed by atoms with van der Waals surface area (Å²) in [6, 6.07) is 0.514. The summed E-state index contributed by atoms with van der Waals surface area (Å²) >= 11 is 0. The van der Waals surface area contributed by atoms with Crippen molar-refractivity contribution in [2.75, 3.05) is 6.54 Å². The van der Waals surface area contributed by atoms with Gasteiger partial charge in [0.1, 0.15) is 5.76 Å². The first-order valence-electron chi connectivity index (χ1n) is 6.53. The van der Waals surface area contributed by atoms with E-state index in [4.69, 9.17) is 4.52 Å². The van der Waals surface area contributed by atoms with E-state index >= 15 is 0 Å². The number of aromatic nitrogens is 1. The molecule has 0 aromatic carbocycles. The van der Waals surface area contributed by atoms with Gasteiger partial charge in [-0.05, 0) is 33.6 Å². The number of sulfonamides is 1. The zero-order chi connectivity index (χ0) is 14.0. The van der Waals surface area contributed by atoms with E-state index in [0.717, 1.165) is 24.1 Å². The van der Waals surface area contributed by atoms with Crippen LogP contribution in [0.5, 0.6) is 0 Å². The van der Waals surface area contributed by atoms with Gasteiger partial charge in [0.25, 0.3) is 0 Å². The SMILES string of the molecule is Cc1noc(C)c1CNS(=O)(=O)C(C)CNC1CC1. The van der Waals surface area contributed by atoms with Crippen LogP contribution in [0.4, 0.5) is 0 Å². The van der Waals surface area contributed by atoms with Crippen LogP contribution in [0, 0.1) is 13.8 Å². The Balaban J connectivity index is 1.89. The number of nitrogens with zero attached hydrogens (tertiary/aromatic N) is 1. The highest BCUT2D eigenvalue weighted by atomic mass is 32.2. The molecular weight excluding hydrogens is 266 g/mol. The van der Waals surface area contributed by atoms with E-state index in [1.807, 2.05) is 0 Å². The van der Waals surface area contributed by atoms with Gasteiger partial charge in [0.2, 0.25) is 10.0 Å². The van der Waals surface area contributed by atoms with Gasteiger partial charge in [-0.15, -0.1) is 0 Å². The predicted molar refractivity (Wildman–Crippen MR) is 72.2 cm³/mol. The number of nitrogens with one attached hydrogen (secondary N) is 2. The van der Waals surface area contributed by atoms with E-state index in [0.29, 0.717) is 18.3 Å². The van der Waals surface area contributed by atoms with Crippen molar-refractivity contribution >= 4 is 10.0 Å². The van der Waals surface area contributed by atoms with Crippen LogP contribution in [0.1, 0.15) is 36.8 Å². The van der Waals surface area contributed by atoms with E-state index < -0.39 is 15.3 Å². The first kappa shape index (κ1) is 14.5. The molecule has 1 saturated carbocycles. The summed E-state index contributed by atoms with van der Waals surface area (Å²) in [6.45, 7) is 6.02. The molecule has 1 unspecified atom stereocenters. The fourth-order valence-corrected chi connectivity index (χ4v) is 2.74. The zero-order valence-electron chi connectivity index (χ0n) is 11.6. The van der Waals surface area contributed by atoms with Crippen LogP contribution in [0.15, 0.2) is 4.52 Å². The lowest BCUT2D eigenvalue weighted by Gasteiger charge is -2.14. The average molecular weight is 287 g/mol. The van der Waals surface area contributed by atoms with Gasteiger partial charge in [-0.25, -0.2) is 13.1 Å². The summed E-state index contributed by atoms with van der Waals surface area (Å²) < 4.78 is 31.8. The van der Waals surface area contributed by atoms with Crippen molar-refractivity contribution in [3.8, 4) is 0 Å². The van der Waals surface area contributed by atoms with E-state index in [2.05, 4.69) is 15.2 Å². The molecule has 1 heterocycles. The second-order valence-electron chi connectivity index (χ2n) is 5.16. The van der Waals surface area contributed by atoms with Crippen molar-refractivity contribution in [1.82, 2.24) is 15.2 Å². The molecule has 0 amide bonds. The number of rotatable bonds is 7. The Labute approximate surface area is 114 Å². The molecule has 0 radical (unpaired) electrons. The smallest absolute Gasteiger partial charge is 0.215 e. The summed E-state index contributed by atoms with van der Waals surface area (Å²) in [5, 5.41) is 6.59. The van der Waals surface area contributed by atoms with Crippen LogP contribution in [0.2, 0.25) is 0 Å². The molecule has 1 aromatic heterocycles. The van der Waals surface area contributed by atoms with Crippen molar-refractivity contribution in [1.29, 1.82) is 0 Å². The highest BCUT2D eigenvalue weighted by molar-refractivity contribution is 7.90. The van der Waals surface area contributed by atoms with Gasteiger partial charge in [0.15, 0.2) is 0 Å². The van der Waals surface area contributed by atoms with E-state index in [-0.39, 0.29) is 6.54 Å². The third-order valence-corrected chi connectivity index (χ3v) is 5.21. The van der Waals surface area contributed by atoms with Crippen LogP contribution < -0.4 is 10.0 Å². The Morgan fingerprint density at radius 2 is 2.11 bits per heavy atom. The standard InChI is InChI=1S/C12H21N3O3S/c1-8(6-13-11-4-5-11)19(16,17)14-7-12-9(2)15-18-10(12)3/h8,11,13-14H,4-7H2,1-3H3. The molecule has 1 fully saturated rings. The molecule has 0 saturated heterocycles. The third-order valence-electron chi connectivity index (χ3n) is 3.43. The molecular formula is C12H21N3O3S. The molecule has 2 N–H and O–H groups in total. The Bertz CT molecular complexity index is 515. The largest absolute Gasteiger partial charge is 0.361 e. The van der Waals surface area contributed by atoms with Crippen LogP contribution in [-0.4, -0.2) is 31.4 Å². The molecule has 19 heavy (non-hydrogen) atoms. The average Bonchev–Trinajstić information content (AvgIpc) is 3.12. The maximum Gasteiger partial charge on any atom is 0.215 e. The zero-order valence-corrected chi connectivity index (χ0v) is 12.4. The minimum absolute atomic E-state index is 0.233. The maximum absolute atomic E-state index is 12.1. The molecule has 1 atom stereocenters. The number of hydrogen-bond donors (Lipinski definition) is 2. The number of hydrogen-bond acceptors (Lipinski definition) is 5. The lowest BCUT2D eigenvalue weighted by molar-refractivity contribution is 0.392. The summed E-state index contributed by atoms with van der Waals surface area (Å²) in [6.07, 6.45) is 2.30. The topological polar surface area (TPSA) is 84.2 Å². The molecule has 108 valence electrons. The van der Waals surface area contributed by atoms with Crippen LogP contribution in [-0.2, 0) is 16.6 Å². The van der Waals surface area contributed by atoms with Crippen molar-refractivity contribution in [2.24, 2.45) is 0 Å². The summed E-state index contributed by atoms with van der Waals surface area (Å²) in [5.41, 5.74) is 1.54. The van der Waals surface area contributed by atoms with Gasteiger partial charge >= 0.3 is 0 Å². The Morgan fingerprint density at radius 1 is 1.42 bits per heavy atom. The monoisotopic (exact) mass is 287 g/mol. The quantitative estimate of drug-likeness (QED) is 0.776. The minimum Gasteiger partial charge on any atom is -0.361 e. The van der Waals surface area contributed by atoms with Gasteiger partial charge in [-0.1, -0.05) is 5.16 Å². The predicted octanol–water partition coefficient (Wildman–Crippen LogP) is 0.851. The van der Waals surface area contributed by atoms with Gasteiger partial charge in [0, 0.05) is 24.7 Å². The summed E-state index contributed by atoms with van der Waals surface area (Å²) in [5.74, 6) is 0.656. The van der Waals surface area contributed by atoms with Gasteiger partial charge < -0.3 is 9.84 Å². The van der Waals surface area contributed by atoms with E-state index in [1.165, 1.54) is 0 Å². The maximum atomic E-state index is 12.1. The minimum atomic E-state index is -3.32. The van der Waals surface area contributed by atoms with E-state index in [1.54, 1.807) is 20.8 Å². The lowest BCUT2D eigenvalue weighted by Crippen LogP contribution is -2.39. The first-order valence-corrected chi connectivity index (χ1v) is 8.08. The lowest BCUT2D eigenvalue weighted by atomic mass is 10.2. The van der Waals surface area contributed by atoms with Crippen molar-refractivity contribution < 1.29 is 12.9 Å². The fraction of sp³-hybridized carbons (Fsp3) is 0.750. The highest BCUT2D eigenvalue weighted by Gasteiger charge is 2.26. The molecule has 0 spiro atoms. The molecule has 6 nitrogen and oxygen atoms in total.